The molecule has 0 saturated heterocycles. The van der Waals surface area contributed by atoms with E-state index in [0.717, 1.165) is 12.8 Å². The lowest BCUT2D eigenvalue weighted by molar-refractivity contribution is -0.138. The van der Waals surface area contributed by atoms with Gasteiger partial charge in [0, 0.05) is 0 Å². The van der Waals surface area contributed by atoms with Crippen LogP contribution in [-0.2, 0) is 9.53 Å². The van der Waals surface area contributed by atoms with Gasteiger partial charge in [-0.1, -0.05) is 48.1 Å². The van der Waals surface area contributed by atoms with Crippen molar-refractivity contribution in [2.75, 3.05) is 0 Å². The number of allylic oxidation sites excluding steroid dienone is 2. The molecule has 0 aliphatic rings. The summed E-state index contributed by atoms with van der Waals surface area (Å²) < 4.78 is 2.74. The van der Waals surface area contributed by atoms with Crippen LogP contribution >= 0.6 is 34.8 Å². The van der Waals surface area contributed by atoms with Gasteiger partial charge in [-0.05, 0) is 19.4 Å². The predicted octanol–water partition coefficient (Wildman–Crippen LogP) is 3.60. The molecule has 13 heavy (non-hydrogen) atoms. The van der Waals surface area contributed by atoms with Gasteiger partial charge in [0.15, 0.2) is 0 Å². The summed E-state index contributed by atoms with van der Waals surface area (Å²) in [7, 11) is 0. The van der Waals surface area contributed by atoms with Crippen molar-refractivity contribution in [3.63, 3.8) is 0 Å². The zero-order chi connectivity index (χ0) is 10.5. The van der Waals surface area contributed by atoms with Gasteiger partial charge >= 0.3 is 5.97 Å². The quantitative estimate of drug-likeness (QED) is 0.431. The van der Waals surface area contributed by atoms with Crippen LogP contribution in [0.3, 0.4) is 0 Å². The normalized spacial score (nSPS) is 12.8. The first-order valence-corrected chi connectivity index (χ1v) is 4.97. The second-order valence-electron chi connectivity index (χ2n) is 2.49. The minimum atomic E-state index is -2.00. The number of hydrogen-bond donors (Lipinski definition) is 0. The molecule has 0 aliphatic heterocycles. The van der Waals surface area contributed by atoms with Crippen LogP contribution in [-0.4, -0.2) is 9.76 Å². The molecular weight excluding hydrogens is 234 g/mol. The Morgan fingerprint density at radius 1 is 1.46 bits per heavy atom. The molecule has 0 heterocycles. The number of alkyl halides is 3. The van der Waals surface area contributed by atoms with E-state index in [0.29, 0.717) is 5.76 Å². The Kier molecular flexibility index (Phi) is 5.77. The van der Waals surface area contributed by atoms with E-state index in [1.807, 2.05) is 6.92 Å². The number of unbranched alkanes of at least 4 members (excludes halogenated alkanes) is 1. The first-order chi connectivity index (χ1) is 5.88. The van der Waals surface area contributed by atoms with E-state index in [4.69, 9.17) is 39.5 Å². The van der Waals surface area contributed by atoms with Crippen molar-refractivity contribution in [2.24, 2.45) is 0 Å². The molecule has 0 N–H and O–H groups in total. The fourth-order valence-corrected chi connectivity index (χ4v) is 0.709. The van der Waals surface area contributed by atoms with Crippen molar-refractivity contribution in [1.29, 1.82) is 0 Å². The molecule has 2 nitrogen and oxygen atoms in total. The van der Waals surface area contributed by atoms with Gasteiger partial charge in [-0.3, -0.25) is 0 Å². The molecule has 0 fully saturated rings. The first-order valence-electron chi connectivity index (χ1n) is 3.83. The fourth-order valence-electron chi connectivity index (χ4n) is 0.593. The largest absolute Gasteiger partial charge is 0.429 e. The molecule has 0 aromatic heterocycles. The summed E-state index contributed by atoms with van der Waals surface area (Å²) >= 11 is 15.9. The van der Waals surface area contributed by atoms with Crippen molar-refractivity contribution in [2.45, 2.75) is 30.5 Å². The van der Waals surface area contributed by atoms with E-state index < -0.39 is 9.76 Å². The topological polar surface area (TPSA) is 26.3 Å². The number of carbonyl (C=O) groups excluding carboxylic acids is 1. The number of halogens is 3. The van der Waals surface area contributed by atoms with Crippen LogP contribution in [0.4, 0.5) is 0 Å². The SMILES string of the molecule is CCC/C=C(\C)OC(=O)C(Cl)(Cl)Cl. The number of carbonyl (C=O) groups is 1. The zero-order valence-electron chi connectivity index (χ0n) is 7.44. The van der Waals surface area contributed by atoms with Gasteiger partial charge in [0.25, 0.3) is 3.79 Å². The zero-order valence-corrected chi connectivity index (χ0v) is 9.71. The highest BCUT2D eigenvalue weighted by molar-refractivity contribution is 6.75. The smallest absolute Gasteiger partial charge is 0.363 e. The maximum Gasteiger partial charge on any atom is 0.363 e. The summed E-state index contributed by atoms with van der Waals surface area (Å²) in [4.78, 5) is 11.0. The third kappa shape index (κ3) is 6.19. The Morgan fingerprint density at radius 3 is 2.38 bits per heavy atom. The second-order valence-corrected chi connectivity index (χ2v) is 4.77. The Balaban J connectivity index is 4.07. The van der Waals surface area contributed by atoms with Gasteiger partial charge in [-0.25, -0.2) is 4.79 Å². The Labute approximate surface area is 92.8 Å². The summed E-state index contributed by atoms with van der Waals surface area (Å²) in [6, 6.07) is 0. The second kappa shape index (κ2) is 5.74. The molecule has 0 spiro atoms. The predicted molar refractivity (Wildman–Crippen MR) is 55.0 cm³/mol. The van der Waals surface area contributed by atoms with E-state index >= 15 is 0 Å². The summed E-state index contributed by atoms with van der Waals surface area (Å²) in [6.45, 7) is 3.66. The van der Waals surface area contributed by atoms with Gasteiger partial charge in [0.05, 0.1) is 0 Å². The molecule has 5 heteroatoms. The Hall–Kier alpha value is 0.0800. The maximum absolute atomic E-state index is 11.0. The van der Waals surface area contributed by atoms with Crippen molar-refractivity contribution in [3.8, 4) is 0 Å². The Bertz CT molecular complexity index is 206. The van der Waals surface area contributed by atoms with Gasteiger partial charge in [-0.15, -0.1) is 0 Å². The van der Waals surface area contributed by atoms with Crippen molar-refractivity contribution < 1.29 is 9.53 Å². The van der Waals surface area contributed by atoms with Gasteiger partial charge in [0.1, 0.15) is 5.76 Å². The van der Waals surface area contributed by atoms with Crippen LogP contribution in [0.25, 0.3) is 0 Å². The van der Waals surface area contributed by atoms with Crippen LogP contribution in [0.15, 0.2) is 11.8 Å². The van der Waals surface area contributed by atoms with Crippen LogP contribution in [0.5, 0.6) is 0 Å². The van der Waals surface area contributed by atoms with Crippen LogP contribution in [0.2, 0.25) is 0 Å². The van der Waals surface area contributed by atoms with E-state index in [-0.39, 0.29) is 0 Å². The number of rotatable bonds is 3. The molecule has 0 aliphatic carbocycles. The monoisotopic (exact) mass is 244 g/mol. The summed E-state index contributed by atoms with van der Waals surface area (Å²) in [6.07, 6.45) is 3.58. The molecule has 0 aromatic carbocycles. The molecular formula is C8H11Cl3O2. The lowest BCUT2D eigenvalue weighted by Crippen LogP contribution is -2.21. The molecule has 0 amide bonds. The van der Waals surface area contributed by atoms with Crippen LogP contribution < -0.4 is 0 Å². The molecule has 0 atom stereocenters. The van der Waals surface area contributed by atoms with Gasteiger partial charge < -0.3 is 4.74 Å². The highest BCUT2D eigenvalue weighted by Crippen LogP contribution is 2.28. The lowest BCUT2D eigenvalue weighted by Gasteiger charge is -2.09. The van der Waals surface area contributed by atoms with Crippen molar-refractivity contribution in [3.05, 3.63) is 11.8 Å². The van der Waals surface area contributed by atoms with E-state index in [1.54, 1.807) is 13.0 Å². The van der Waals surface area contributed by atoms with Crippen LogP contribution in [0.1, 0.15) is 26.7 Å². The molecule has 0 rings (SSSR count). The minimum absolute atomic E-state index is 0.457. The molecule has 0 saturated carbocycles. The number of hydrogen-bond acceptors (Lipinski definition) is 2. The van der Waals surface area contributed by atoms with Crippen LogP contribution in [0, 0.1) is 0 Å². The van der Waals surface area contributed by atoms with E-state index in [2.05, 4.69) is 0 Å². The third-order valence-corrected chi connectivity index (χ3v) is 1.67. The maximum atomic E-state index is 11.0. The van der Waals surface area contributed by atoms with Crippen molar-refractivity contribution in [1.82, 2.24) is 0 Å². The number of ether oxygens (including phenoxy) is 1. The molecule has 0 unspecified atom stereocenters. The summed E-state index contributed by atoms with van der Waals surface area (Å²) in [5.41, 5.74) is 0. The lowest BCUT2D eigenvalue weighted by atomic mass is 10.3. The fraction of sp³-hybridized carbons (Fsp3) is 0.625. The van der Waals surface area contributed by atoms with Gasteiger partial charge in [-0.2, -0.15) is 0 Å². The highest BCUT2D eigenvalue weighted by Gasteiger charge is 2.32. The van der Waals surface area contributed by atoms with E-state index in [9.17, 15) is 4.79 Å². The molecule has 0 bridgehead atoms. The van der Waals surface area contributed by atoms with Crippen molar-refractivity contribution >= 4 is 40.8 Å². The number of esters is 1. The standard InChI is InChI=1S/C8H11Cl3O2/c1-3-4-5-6(2)13-7(12)8(9,10)11/h5H,3-4H2,1-2H3/b6-5+. The Morgan fingerprint density at radius 2 is 2.00 bits per heavy atom. The summed E-state index contributed by atoms with van der Waals surface area (Å²) in [5.74, 6) is -0.416. The average molecular weight is 246 g/mol. The highest BCUT2D eigenvalue weighted by atomic mass is 35.6. The molecule has 0 radical (unpaired) electrons. The minimum Gasteiger partial charge on any atom is -0.429 e. The summed E-state index contributed by atoms with van der Waals surface area (Å²) in [5, 5.41) is 0. The van der Waals surface area contributed by atoms with E-state index in [1.165, 1.54) is 0 Å². The van der Waals surface area contributed by atoms with Gasteiger partial charge in [0.2, 0.25) is 0 Å². The first kappa shape index (κ1) is 13.1. The molecule has 0 aromatic rings. The third-order valence-electron chi connectivity index (χ3n) is 1.21. The average Bonchev–Trinajstić information content (AvgIpc) is 1.99. The molecule has 76 valence electrons.